The van der Waals surface area contributed by atoms with Crippen molar-refractivity contribution in [3.05, 3.63) is 22.4 Å². The molecule has 0 spiro atoms. The molecule has 2 unspecified atom stereocenters. The molecule has 0 saturated carbocycles. The van der Waals surface area contributed by atoms with Gasteiger partial charge in [-0.1, -0.05) is 33.3 Å². The highest BCUT2D eigenvalue weighted by atomic mass is 32.1. The maximum atomic E-state index is 11.9. The van der Waals surface area contributed by atoms with Gasteiger partial charge in [0.1, 0.15) is 0 Å². The van der Waals surface area contributed by atoms with Crippen LogP contribution in [0.4, 0.5) is 0 Å². The minimum Gasteiger partial charge on any atom is -0.347 e. The lowest BCUT2D eigenvalue weighted by Crippen LogP contribution is -2.43. The molecule has 1 aromatic rings. The fourth-order valence-corrected chi connectivity index (χ4v) is 2.69. The summed E-state index contributed by atoms with van der Waals surface area (Å²) in [6.07, 6.45) is 1.67. The van der Waals surface area contributed by atoms with Gasteiger partial charge in [-0.2, -0.15) is 0 Å². The van der Waals surface area contributed by atoms with Gasteiger partial charge in [-0.15, -0.1) is 11.3 Å². The number of rotatable bonds is 6. The highest BCUT2D eigenvalue weighted by Gasteiger charge is 2.21. The zero-order chi connectivity index (χ0) is 12.8. The maximum Gasteiger partial charge on any atom is 0.237 e. The lowest BCUT2D eigenvalue weighted by Gasteiger charge is -2.23. The Morgan fingerprint density at radius 2 is 2.24 bits per heavy atom. The molecule has 0 aromatic carbocycles. The standard InChI is InChI=1S/C13H22N2OS/c1-4-6-10(14)13(16)15-12(9(2)3)11-7-5-8-17-11/h5,7-10,12H,4,6,14H2,1-3H3,(H,15,16). The van der Waals surface area contributed by atoms with E-state index in [0.29, 0.717) is 5.92 Å². The van der Waals surface area contributed by atoms with Crippen molar-refractivity contribution in [1.29, 1.82) is 0 Å². The third-order valence-electron chi connectivity index (χ3n) is 2.75. The van der Waals surface area contributed by atoms with Crippen molar-refractivity contribution in [3.63, 3.8) is 0 Å². The molecule has 1 aromatic heterocycles. The van der Waals surface area contributed by atoms with Crippen molar-refractivity contribution in [2.45, 2.75) is 45.7 Å². The van der Waals surface area contributed by atoms with E-state index in [9.17, 15) is 4.79 Å². The molecule has 96 valence electrons. The Morgan fingerprint density at radius 3 is 2.71 bits per heavy atom. The SMILES string of the molecule is CCCC(N)C(=O)NC(c1cccs1)C(C)C. The van der Waals surface area contributed by atoms with Gasteiger partial charge in [0.2, 0.25) is 5.91 Å². The summed E-state index contributed by atoms with van der Waals surface area (Å²) in [5.74, 6) is 0.324. The van der Waals surface area contributed by atoms with Crippen LogP contribution in [0.3, 0.4) is 0 Å². The van der Waals surface area contributed by atoms with E-state index in [2.05, 4.69) is 25.2 Å². The fourth-order valence-electron chi connectivity index (χ4n) is 1.74. The number of carbonyl (C=O) groups is 1. The Hall–Kier alpha value is -0.870. The average molecular weight is 254 g/mol. The molecular weight excluding hydrogens is 232 g/mol. The highest BCUT2D eigenvalue weighted by molar-refractivity contribution is 7.10. The van der Waals surface area contributed by atoms with E-state index in [0.717, 1.165) is 12.8 Å². The fraction of sp³-hybridized carbons (Fsp3) is 0.615. The van der Waals surface area contributed by atoms with Gasteiger partial charge < -0.3 is 11.1 Å². The summed E-state index contributed by atoms with van der Waals surface area (Å²) in [6.45, 7) is 6.25. The number of nitrogens with two attached hydrogens (primary N) is 1. The lowest BCUT2D eigenvalue weighted by molar-refractivity contribution is -0.123. The van der Waals surface area contributed by atoms with Crippen molar-refractivity contribution in [3.8, 4) is 0 Å². The topological polar surface area (TPSA) is 55.1 Å². The van der Waals surface area contributed by atoms with Gasteiger partial charge in [-0.3, -0.25) is 4.79 Å². The van der Waals surface area contributed by atoms with Crippen molar-refractivity contribution in [1.82, 2.24) is 5.32 Å². The first-order valence-electron chi connectivity index (χ1n) is 6.15. The molecule has 0 saturated heterocycles. The Morgan fingerprint density at radius 1 is 1.53 bits per heavy atom. The first-order valence-corrected chi connectivity index (χ1v) is 7.03. The molecule has 0 aliphatic carbocycles. The zero-order valence-corrected chi connectivity index (χ0v) is 11.6. The van der Waals surface area contributed by atoms with Crippen LogP contribution in [0.25, 0.3) is 0 Å². The van der Waals surface area contributed by atoms with Crippen molar-refractivity contribution in [2.75, 3.05) is 0 Å². The van der Waals surface area contributed by atoms with Gasteiger partial charge in [0, 0.05) is 4.88 Å². The minimum absolute atomic E-state index is 0.0426. The Bertz CT molecular complexity index is 335. The van der Waals surface area contributed by atoms with E-state index in [-0.39, 0.29) is 18.0 Å². The maximum absolute atomic E-state index is 11.9. The Kier molecular flexibility index (Phi) is 5.65. The summed E-state index contributed by atoms with van der Waals surface area (Å²) in [5.41, 5.74) is 5.82. The van der Waals surface area contributed by atoms with Crippen LogP contribution in [0.1, 0.15) is 44.5 Å². The van der Waals surface area contributed by atoms with E-state index in [4.69, 9.17) is 5.73 Å². The molecule has 1 amide bonds. The third-order valence-corrected chi connectivity index (χ3v) is 3.71. The summed E-state index contributed by atoms with van der Waals surface area (Å²) in [4.78, 5) is 13.1. The molecule has 3 nitrogen and oxygen atoms in total. The molecule has 0 fully saturated rings. The summed E-state index contributed by atoms with van der Waals surface area (Å²) in [6, 6.07) is 3.75. The molecule has 0 radical (unpaired) electrons. The number of nitrogens with one attached hydrogen (secondary N) is 1. The van der Waals surface area contributed by atoms with E-state index < -0.39 is 0 Å². The van der Waals surface area contributed by atoms with Gasteiger partial charge in [0.15, 0.2) is 0 Å². The van der Waals surface area contributed by atoms with E-state index in [1.54, 1.807) is 11.3 Å². The van der Waals surface area contributed by atoms with E-state index >= 15 is 0 Å². The van der Waals surface area contributed by atoms with Crippen molar-refractivity contribution < 1.29 is 4.79 Å². The monoisotopic (exact) mass is 254 g/mol. The van der Waals surface area contributed by atoms with Crippen LogP contribution in [0, 0.1) is 5.92 Å². The number of hydrogen-bond acceptors (Lipinski definition) is 3. The molecule has 0 aliphatic rings. The molecule has 3 N–H and O–H groups in total. The molecule has 0 aliphatic heterocycles. The van der Waals surface area contributed by atoms with Crippen molar-refractivity contribution in [2.24, 2.45) is 11.7 Å². The van der Waals surface area contributed by atoms with Gasteiger partial charge >= 0.3 is 0 Å². The number of thiophene rings is 1. The number of carbonyl (C=O) groups excluding carboxylic acids is 1. The highest BCUT2D eigenvalue weighted by Crippen LogP contribution is 2.25. The summed E-state index contributed by atoms with van der Waals surface area (Å²) in [7, 11) is 0. The van der Waals surface area contributed by atoms with Crippen LogP contribution in [0.2, 0.25) is 0 Å². The predicted molar refractivity (Wildman–Crippen MR) is 72.9 cm³/mol. The van der Waals surface area contributed by atoms with Gasteiger partial charge in [0.25, 0.3) is 0 Å². The molecule has 0 bridgehead atoms. The van der Waals surface area contributed by atoms with E-state index in [1.807, 2.05) is 18.4 Å². The summed E-state index contributed by atoms with van der Waals surface area (Å²) in [5, 5.41) is 5.08. The lowest BCUT2D eigenvalue weighted by atomic mass is 10.0. The van der Waals surface area contributed by atoms with Crippen LogP contribution in [-0.2, 0) is 4.79 Å². The van der Waals surface area contributed by atoms with Crippen LogP contribution in [0.15, 0.2) is 17.5 Å². The number of hydrogen-bond donors (Lipinski definition) is 2. The third kappa shape index (κ3) is 4.13. The average Bonchev–Trinajstić information content (AvgIpc) is 2.78. The van der Waals surface area contributed by atoms with Crippen LogP contribution in [0.5, 0.6) is 0 Å². The summed E-state index contributed by atoms with van der Waals surface area (Å²) < 4.78 is 0. The molecule has 4 heteroatoms. The number of amides is 1. The molecule has 2 atom stereocenters. The second kappa shape index (κ2) is 6.77. The first kappa shape index (κ1) is 14.2. The van der Waals surface area contributed by atoms with E-state index in [1.165, 1.54) is 4.88 Å². The summed E-state index contributed by atoms with van der Waals surface area (Å²) >= 11 is 1.67. The first-order chi connectivity index (χ1) is 8.06. The smallest absolute Gasteiger partial charge is 0.237 e. The molecule has 1 rings (SSSR count). The quantitative estimate of drug-likeness (QED) is 0.820. The van der Waals surface area contributed by atoms with Crippen LogP contribution < -0.4 is 11.1 Å². The van der Waals surface area contributed by atoms with Gasteiger partial charge in [0.05, 0.1) is 12.1 Å². The second-order valence-electron chi connectivity index (χ2n) is 4.64. The molecule has 17 heavy (non-hydrogen) atoms. The van der Waals surface area contributed by atoms with Crippen LogP contribution in [-0.4, -0.2) is 11.9 Å². The Labute approximate surface area is 107 Å². The second-order valence-corrected chi connectivity index (χ2v) is 5.62. The van der Waals surface area contributed by atoms with Crippen molar-refractivity contribution >= 4 is 17.2 Å². The normalized spacial score (nSPS) is 14.6. The van der Waals surface area contributed by atoms with Gasteiger partial charge in [-0.05, 0) is 23.8 Å². The molecule has 1 heterocycles. The van der Waals surface area contributed by atoms with Gasteiger partial charge in [-0.25, -0.2) is 0 Å². The van der Waals surface area contributed by atoms with Crippen LogP contribution >= 0.6 is 11.3 Å². The largest absolute Gasteiger partial charge is 0.347 e. The Balaban J connectivity index is 2.65. The minimum atomic E-state index is -0.388. The predicted octanol–water partition coefficient (Wildman–Crippen LogP) is 2.69. The zero-order valence-electron chi connectivity index (χ0n) is 10.8. The molecular formula is C13H22N2OS.